The van der Waals surface area contributed by atoms with Crippen molar-refractivity contribution in [2.24, 2.45) is 0 Å². The number of rotatable bonds is 6. The van der Waals surface area contributed by atoms with E-state index in [1.165, 1.54) is 17.8 Å². The topological polar surface area (TPSA) is 51.0 Å². The Bertz CT molecular complexity index is 588. The third-order valence-corrected chi connectivity index (χ3v) is 3.35. The van der Waals surface area contributed by atoms with Crippen molar-refractivity contribution in [1.82, 2.24) is 15.5 Å². The van der Waals surface area contributed by atoms with Crippen molar-refractivity contribution >= 4 is 11.8 Å². The summed E-state index contributed by atoms with van der Waals surface area (Å²) in [6, 6.07) is 6.24. The number of aromatic nitrogens is 2. The number of hydrogen-bond donors (Lipinski definition) is 1. The molecule has 4 nitrogen and oxygen atoms in total. The quantitative estimate of drug-likeness (QED) is 0.654. The first kappa shape index (κ1) is 15.8. The van der Waals surface area contributed by atoms with Crippen LogP contribution in [0.25, 0.3) is 0 Å². The van der Waals surface area contributed by atoms with Crippen LogP contribution in [0, 0.1) is 5.82 Å². The molecule has 1 heterocycles. The third kappa shape index (κ3) is 5.35. The number of benzene rings is 1. The first-order chi connectivity index (χ1) is 9.94. The fourth-order valence-electron chi connectivity index (χ4n) is 1.44. The zero-order valence-corrected chi connectivity index (χ0v) is 11.5. The van der Waals surface area contributed by atoms with E-state index in [1.54, 1.807) is 18.2 Å². The average molecular weight is 321 g/mol. The van der Waals surface area contributed by atoms with Crippen LogP contribution in [0.5, 0.6) is 0 Å². The smallest absolute Gasteiger partial charge is 0.338 e. The lowest BCUT2D eigenvalue weighted by atomic mass is 10.3. The molecule has 9 heteroatoms. The third-order valence-electron chi connectivity index (χ3n) is 2.31. The van der Waals surface area contributed by atoms with Crippen LogP contribution in [-0.2, 0) is 12.3 Å². The van der Waals surface area contributed by atoms with Gasteiger partial charge in [-0.05, 0) is 12.1 Å². The summed E-state index contributed by atoms with van der Waals surface area (Å²) in [6.07, 6.45) is -4.29. The summed E-state index contributed by atoms with van der Waals surface area (Å²) in [4.78, 5) is 4.37. The maximum Gasteiger partial charge on any atom is 0.401 e. The van der Waals surface area contributed by atoms with Crippen molar-refractivity contribution in [3.63, 3.8) is 0 Å². The molecule has 0 unspecified atom stereocenters. The molecule has 0 radical (unpaired) electrons. The molecule has 0 spiro atoms. The van der Waals surface area contributed by atoms with Gasteiger partial charge in [0, 0.05) is 4.90 Å². The van der Waals surface area contributed by atoms with E-state index in [0.29, 0.717) is 10.7 Å². The Balaban J connectivity index is 1.82. The lowest BCUT2D eigenvalue weighted by Gasteiger charge is -2.05. The van der Waals surface area contributed by atoms with Crippen LogP contribution in [0.4, 0.5) is 17.6 Å². The predicted molar refractivity (Wildman–Crippen MR) is 68.0 cm³/mol. The van der Waals surface area contributed by atoms with Gasteiger partial charge >= 0.3 is 6.18 Å². The summed E-state index contributed by atoms with van der Waals surface area (Å²) >= 11 is 1.18. The Morgan fingerprint density at radius 1 is 1.24 bits per heavy atom. The summed E-state index contributed by atoms with van der Waals surface area (Å²) in [7, 11) is 0. The minimum absolute atomic E-state index is 0.0587. The van der Waals surface area contributed by atoms with Crippen LogP contribution in [0.15, 0.2) is 33.7 Å². The van der Waals surface area contributed by atoms with Gasteiger partial charge in [-0.2, -0.15) is 18.2 Å². The van der Waals surface area contributed by atoms with Gasteiger partial charge < -0.3 is 9.84 Å². The second kappa shape index (κ2) is 6.90. The van der Waals surface area contributed by atoms with E-state index in [4.69, 9.17) is 4.52 Å². The van der Waals surface area contributed by atoms with Gasteiger partial charge in [-0.1, -0.05) is 17.3 Å². The van der Waals surface area contributed by atoms with Crippen molar-refractivity contribution in [3.8, 4) is 0 Å². The molecule has 1 aromatic heterocycles. The van der Waals surface area contributed by atoms with Crippen LogP contribution in [-0.4, -0.2) is 22.9 Å². The van der Waals surface area contributed by atoms with E-state index >= 15 is 0 Å². The molecule has 0 fully saturated rings. The molecule has 2 rings (SSSR count). The number of nitrogens with zero attached hydrogens (tertiary/aromatic N) is 2. The van der Waals surface area contributed by atoms with E-state index in [0.717, 1.165) is 0 Å². The number of hydrogen-bond acceptors (Lipinski definition) is 5. The van der Waals surface area contributed by atoms with Crippen molar-refractivity contribution in [1.29, 1.82) is 0 Å². The zero-order valence-electron chi connectivity index (χ0n) is 10.7. The SMILES string of the molecule is Fc1ccccc1SCc1noc(CNCC(F)(F)F)n1. The van der Waals surface area contributed by atoms with Crippen molar-refractivity contribution in [2.75, 3.05) is 6.54 Å². The summed E-state index contributed by atoms with van der Waals surface area (Å²) in [5.41, 5.74) is 0. The van der Waals surface area contributed by atoms with Gasteiger partial charge in [0.25, 0.3) is 0 Å². The minimum Gasteiger partial charge on any atom is -0.338 e. The Morgan fingerprint density at radius 2 is 2.00 bits per heavy atom. The number of alkyl halides is 3. The molecule has 0 atom stereocenters. The summed E-state index contributed by atoms with van der Waals surface area (Å²) < 4.78 is 54.0. The largest absolute Gasteiger partial charge is 0.401 e. The van der Waals surface area contributed by atoms with E-state index in [2.05, 4.69) is 15.5 Å². The van der Waals surface area contributed by atoms with Gasteiger partial charge in [0.05, 0.1) is 18.8 Å². The Kier molecular flexibility index (Phi) is 5.18. The fraction of sp³-hybridized carbons (Fsp3) is 0.333. The second-order valence-corrected chi connectivity index (χ2v) is 5.06. The maximum atomic E-state index is 13.4. The van der Waals surface area contributed by atoms with E-state index in [-0.39, 0.29) is 24.0 Å². The van der Waals surface area contributed by atoms with Gasteiger partial charge in [-0.15, -0.1) is 11.8 Å². The molecule has 0 amide bonds. The van der Waals surface area contributed by atoms with Crippen LogP contribution < -0.4 is 5.32 Å². The monoisotopic (exact) mass is 321 g/mol. The highest BCUT2D eigenvalue weighted by Gasteiger charge is 2.26. The van der Waals surface area contributed by atoms with Crippen molar-refractivity contribution in [2.45, 2.75) is 23.4 Å². The molecule has 0 aliphatic heterocycles. The highest BCUT2D eigenvalue weighted by Crippen LogP contribution is 2.24. The lowest BCUT2D eigenvalue weighted by molar-refractivity contribution is -0.125. The van der Waals surface area contributed by atoms with Crippen LogP contribution in [0.1, 0.15) is 11.7 Å². The molecule has 0 aliphatic rings. The highest BCUT2D eigenvalue weighted by molar-refractivity contribution is 7.98. The van der Waals surface area contributed by atoms with Gasteiger partial charge in [-0.25, -0.2) is 4.39 Å². The van der Waals surface area contributed by atoms with Gasteiger partial charge in [0.1, 0.15) is 5.82 Å². The molecule has 0 bridgehead atoms. The molecule has 21 heavy (non-hydrogen) atoms. The molecule has 114 valence electrons. The van der Waals surface area contributed by atoms with Crippen LogP contribution >= 0.6 is 11.8 Å². The number of nitrogens with one attached hydrogen (secondary N) is 1. The molecular formula is C12H11F4N3OS. The fourth-order valence-corrected chi connectivity index (χ4v) is 2.22. The molecule has 0 saturated carbocycles. The Labute approximate surface area is 121 Å². The average Bonchev–Trinajstić information content (AvgIpc) is 2.84. The highest BCUT2D eigenvalue weighted by atomic mass is 32.2. The van der Waals surface area contributed by atoms with Gasteiger partial charge in [0.15, 0.2) is 5.82 Å². The first-order valence-electron chi connectivity index (χ1n) is 5.90. The Morgan fingerprint density at radius 3 is 2.71 bits per heavy atom. The summed E-state index contributed by atoms with van der Waals surface area (Å²) in [6.45, 7) is -1.30. The minimum atomic E-state index is -4.29. The molecule has 0 saturated heterocycles. The molecule has 1 aromatic carbocycles. The second-order valence-electron chi connectivity index (χ2n) is 4.04. The van der Waals surface area contributed by atoms with E-state index in [1.807, 2.05) is 0 Å². The van der Waals surface area contributed by atoms with Crippen molar-refractivity contribution in [3.05, 3.63) is 41.8 Å². The van der Waals surface area contributed by atoms with Crippen LogP contribution in [0.2, 0.25) is 0 Å². The number of halogens is 4. The van der Waals surface area contributed by atoms with Gasteiger partial charge in [0.2, 0.25) is 5.89 Å². The van der Waals surface area contributed by atoms with Crippen LogP contribution in [0.3, 0.4) is 0 Å². The first-order valence-corrected chi connectivity index (χ1v) is 6.89. The normalized spacial score (nSPS) is 11.8. The van der Waals surface area contributed by atoms with E-state index in [9.17, 15) is 17.6 Å². The van der Waals surface area contributed by atoms with Crippen molar-refractivity contribution < 1.29 is 22.1 Å². The zero-order chi connectivity index (χ0) is 15.3. The predicted octanol–water partition coefficient (Wildman–Crippen LogP) is 3.15. The van der Waals surface area contributed by atoms with E-state index < -0.39 is 12.7 Å². The number of thioether (sulfide) groups is 1. The lowest BCUT2D eigenvalue weighted by Crippen LogP contribution is -2.28. The molecular weight excluding hydrogens is 310 g/mol. The maximum absolute atomic E-state index is 13.4. The molecule has 2 aromatic rings. The van der Waals surface area contributed by atoms with Gasteiger partial charge in [-0.3, -0.25) is 0 Å². The summed E-state index contributed by atoms with van der Waals surface area (Å²) in [5.74, 6) is 0.275. The summed E-state index contributed by atoms with van der Waals surface area (Å²) in [5, 5.41) is 5.78. The Hall–Kier alpha value is -1.61. The standard InChI is InChI=1S/C12H11F4N3OS/c13-8-3-1-2-4-9(8)21-6-10-18-11(20-19-10)5-17-7-12(14,15)16/h1-4,17H,5-7H2. The molecule has 1 N–H and O–H groups in total. The molecule has 0 aliphatic carbocycles.